The smallest absolute Gasteiger partial charge is 0.251 e. The summed E-state index contributed by atoms with van der Waals surface area (Å²) in [6, 6.07) is 16.6. The highest BCUT2D eigenvalue weighted by Crippen LogP contribution is 2.22. The van der Waals surface area contributed by atoms with Crippen LogP contribution in [0.3, 0.4) is 0 Å². The molecule has 0 saturated carbocycles. The van der Waals surface area contributed by atoms with Crippen molar-refractivity contribution in [2.75, 3.05) is 18.4 Å². The number of amides is 1. The van der Waals surface area contributed by atoms with Gasteiger partial charge in [-0.1, -0.05) is 59.6 Å². The maximum absolute atomic E-state index is 12.6. The van der Waals surface area contributed by atoms with Crippen LogP contribution in [0.4, 0.5) is 5.82 Å². The van der Waals surface area contributed by atoms with Gasteiger partial charge in [0.1, 0.15) is 5.82 Å². The SMILES string of the molecule is O=C(NCCNc1ncc(Cl)cc1Cl)c1cccc(S(=O)(=O)NCc2ccccc2)c1. The van der Waals surface area contributed by atoms with Crippen molar-refractivity contribution in [2.45, 2.75) is 11.4 Å². The highest BCUT2D eigenvalue weighted by atomic mass is 35.5. The second-order valence-corrected chi connectivity index (χ2v) is 9.12. The monoisotopic (exact) mass is 478 g/mol. The zero-order chi connectivity index (χ0) is 22.3. The second-order valence-electron chi connectivity index (χ2n) is 6.50. The summed E-state index contributed by atoms with van der Waals surface area (Å²) in [6.45, 7) is 0.811. The van der Waals surface area contributed by atoms with E-state index in [2.05, 4.69) is 20.3 Å². The quantitative estimate of drug-likeness (QED) is 0.407. The fraction of sp³-hybridized carbons (Fsp3) is 0.143. The van der Waals surface area contributed by atoms with Crippen molar-refractivity contribution >= 4 is 45.0 Å². The molecule has 1 amide bonds. The van der Waals surface area contributed by atoms with Crippen molar-refractivity contribution in [1.29, 1.82) is 0 Å². The molecule has 7 nitrogen and oxygen atoms in total. The minimum absolute atomic E-state index is 0.0198. The molecule has 0 bridgehead atoms. The number of carbonyl (C=O) groups is 1. The highest BCUT2D eigenvalue weighted by molar-refractivity contribution is 7.89. The van der Waals surface area contributed by atoms with Crippen molar-refractivity contribution in [1.82, 2.24) is 15.0 Å². The Labute approximate surface area is 190 Å². The van der Waals surface area contributed by atoms with Gasteiger partial charge in [-0.15, -0.1) is 0 Å². The minimum Gasteiger partial charge on any atom is -0.367 e. The lowest BCUT2D eigenvalue weighted by atomic mass is 10.2. The summed E-state index contributed by atoms with van der Waals surface area (Å²) in [6.07, 6.45) is 1.46. The van der Waals surface area contributed by atoms with Crippen molar-refractivity contribution in [3.63, 3.8) is 0 Å². The predicted octanol–water partition coefficient (Wildman–Crippen LogP) is 3.71. The zero-order valence-electron chi connectivity index (χ0n) is 16.3. The summed E-state index contributed by atoms with van der Waals surface area (Å²) in [5, 5.41) is 6.52. The van der Waals surface area contributed by atoms with Gasteiger partial charge in [-0.05, 0) is 29.8 Å². The Balaban J connectivity index is 1.55. The van der Waals surface area contributed by atoms with Gasteiger partial charge in [-0.25, -0.2) is 18.1 Å². The molecule has 0 radical (unpaired) electrons. The van der Waals surface area contributed by atoms with E-state index in [1.54, 1.807) is 12.1 Å². The number of hydrogen-bond donors (Lipinski definition) is 3. The topological polar surface area (TPSA) is 100 Å². The van der Waals surface area contributed by atoms with E-state index in [9.17, 15) is 13.2 Å². The van der Waals surface area contributed by atoms with Crippen molar-refractivity contribution in [3.8, 4) is 0 Å². The van der Waals surface area contributed by atoms with Gasteiger partial charge in [0.25, 0.3) is 5.91 Å². The fourth-order valence-electron chi connectivity index (χ4n) is 2.67. The molecule has 0 aliphatic rings. The Kier molecular flexibility index (Phi) is 7.86. The van der Waals surface area contributed by atoms with Gasteiger partial charge in [0.2, 0.25) is 10.0 Å². The average molecular weight is 479 g/mol. The summed E-state index contributed by atoms with van der Waals surface area (Å²) in [5.41, 5.74) is 1.08. The second kappa shape index (κ2) is 10.6. The number of nitrogens with one attached hydrogen (secondary N) is 3. The van der Waals surface area contributed by atoms with Crippen LogP contribution in [0.15, 0.2) is 71.8 Å². The molecular formula is C21H20Cl2N4O3S. The van der Waals surface area contributed by atoms with Gasteiger partial charge in [0, 0.05) is 31.4 Å². The van der Waals surface area contributed by atoms with Crippen LogP contribution in [0.1, 0.15) is 15.9 Å². The van der Waals surface area contributed by atoms with Crippen LogP contribution >= 0.6 is 23.2 Å². The molecule has 1 heterocycles. The third-order valence-corrected chi connectivity index (χ3v) is 6.12. The van der Waals surface area contributed by atoms with E-state index < -0.39 is 15.9 Å². The average Bonchev–Trinajstić information content (AvgIpc) is 2.77. The molecule has 3 rings (SSSR count). The maximum atomic E-state index is 12.6. The first-order valence-corrected chi connectivity index (χ1v) is 11.6. The Morgan fingerprint density at radius 1 is 0.968 bits per heavy atom. The van der Waals surface area contributed by atoms with E-state index in [-0.39, 0.29) is 23.5 Å². The molecule has 2 aromatic carbocycles. The fourth-order valence-corrected chi connectivity index (χ4v) is 4.18. The van der Waals surface area contributed by atoms with Gasteiger partial charge >= 0.3 is 0 Å². The predicted molar refractivity (Wildman–Crippen MR) is 122 cm³/mol. The summed E-state index contributed by atoms with van der Waals surface area (Å²) in [5.74, 6) is 0.0648. The summed E-state index contributed by atoms with van der Waals surface area (Å²) < 4.78 is 27.7. The molecule has 3 N–H and O–H groups in total. The van der Waals surface area contributed by atoms with Crippen LogP contribution in [-0.2, 0) is 16.6 Å². The number of nitrogens with zero attached hydrogens (tertiary/aromatic N) is 1. The van der Waals surface area contributed by atoms with E-state index in [4.69, 9.17) is 23.2 Å². The number of halogens is 2. The van der Waals surface area contributed by atoms with Gasteiger partial charge in [-0.3, -0.25) is 4.79 Å². The standard InChI is InChI=1S/C21H20Cl2N4O3S/c22-17-12-19(23)20(26-14-17)24-9-10-25-21(28)16-7-4-8-18(11-16)31(29,30)27-13-15-5-2-1-3-6-15/h1-8,11-12,14,27H,9-10,13H2,(H,24,26)(H,25,28). The van der Waals surface area contributed by atoms with E-state index in [1.807, 2.05) is 30.3 Å². The number of sulfonamides is 1. The molecule has 3 aromatic rings. The van der Waals surface area contributed by atoms with Crippen LogP contribution < -0.4 is 15.4 Å². The lowest BCUT2D eigenvalue weighted by molar-refractivity contribution is 0.0955. The van der Waals surface area contributed by atoms with E-state index in [1.165, 1.54) is 24.4 Å². The molecule has 0 atom stereocenters. The van der Waals surface area contributed by atoms with Crippen molar-refractivity contribution in [3.05, 3.63) is 88.0 Å². The lowest BCUT2D eigenvalue weighted by Crippen LogP contribution is -2.29. The van der Waals surface area contributed by atoms with Crippen LogP contribution in [0.2, 0.25) is 10.0 Å². The summed E-state index contributed by atoms with van der Waals surface area (Å²) in [7, 11) is -3.76. The normalized spacial score (nSPS) is 11.2. The number of benzene rings is 2. The van der Waals surface area contributed by atoms with Crippen LogP contribution in [0, 0.1) is 0 Å². The van der Waals surface area contributed by atoms with Gasteiger partial charge in [0.05, 0.1) is 14.9 Å². The van der Waals surface area contributed by atoms with Crippen molar-refractivity contribution < 1.29 is 13.2 Å². The summed E-state index contributed by atoms with van der Waals surface area (Å²) in [4.78, 5) is 16.5. The molecule has 10 heteroatoms. The molecule has 0 aliphatic heterocycles. The zero-order valence-corrected chi connectivity index (χ0v) is 18.6. The Bertz CT molecular complexity index is 1160. The lowest BCUT2D eigenvalue weighted by Gasteiger charge is -2.10. The van der Waals surface area contributed by atoms with Gasteiger partial charge < -0.3 is 10.6 Å². The number of pyridine rings is 1. The van der Waals surface area contributed by atoms with Crippen LogP contribution in [-0.4, -0.2) is 32.4 Å². The Hall–Kier alpha value is -2.65. The Morgan fingerprint density at radius 2 is 1.74 bits per heavy atom. The molecule has 162 valence electrons. The highest BCUT2D eigenvalue weighted by Gasteiger charge is 2.16. The molecule has 0 aliphatic carbocycles. The van der Waals surface area contributed by atoms with Gasteiger partial charge in [-0.2, -0.15) is 0 Å². The maximum Gasteiger partial charge on any atom is 0.251 e. The first-order valence-electron chi connectivity index (χ1n) is 9.32. The van der Waals surface area contributed by atoms with Crippen LogP contribution in [0.5, 0.6) is 0 Å². The number of aromatic nitrogens is 1. The first kappa shape index (κ1) is 23.0. The van der Waals surface area contributed by atoms with E-state index in [0.29, 0.717) is 22.4 Å². The number of rotatable bonds is 9. The molecule has 31 heavy (non-hydrogen) atoms. The summed E-state index contributed by atoms with van der Waals surface area (Å²) >= 11 is 11.8. The van der Waals surface area contributed by atoms with Crippen molar-refractivity contribution in [2.24, 2.45) is 0 Å². The Morgan fingerprint density at radius 3 is 2.48 bits per heavy atom. The molecule has 0 unspecified atom stereocenters. The molecule has 0 saturated heterocycles. The molecule has 0 fully saturated rings. The van der Waals surface area contributed by atoms with Gasteiger partial charge in [0.15, 0.2) is 0 Å². The van der Waals surface area contributed by atoms with E-state index in [0.717, 1.165) is 5.56 Å². The third kappa shape index (κ3) is 6.67. The van der Waals surface area contributed by atoms with E-state index >= 15 is 0 Å². The third-order valence-electron chi connectivity index (χ3n) is 4.23. The molecular weight excluding hydrogens is 459 g/mol. The number of carbonyl (C=O) groups excluding carboxylic acids is 1. The first-order chi connectivity index (χ1) is 14.8. The number of anilines is 1. The van der Waals surface area contributed by atoms with Crippen LogP contribution in [0.25, 0.3) is 0 Å². The number of hydrogen-bond acceptors (Lipinski definition) is 5. The molecule has 1 aromatic heterocycles. The minimum atomic E-state index is -3.76. The molecule has 0 spiro atoms. The largest absolute Gasteiger partial charge is 0.367 e.